The van der Waals surface area contributed by atoms with Gasteiger partial charge >= 0.3 is 0 Å². The van der Waals surface area contributed by atoms with Crippen LogP contribution in [0.25, 0.3) is 0 Å². The summed E-state index contributed by atoms with van der Waals surface area (Å²) in [6.45, 7) is 0. The highest BCUT2D eigenvalue weighted by molar-refractivity contribution is 5.78. The van der Waals surface area contributed by atoms with E-state index in [0.717, 1.165) is 0 Å². The third-order valence-electron chi connectivity index (χ3n) is 0.834. The van der Waals surface area contributed by atoms with E-state index in [1.807, 2.05) is 0 Å². The normalized spacial score (nSPS) is 9.00. The molecule has 0 atom stereocenters. The first kappa shape index (κ1) is 4.90. The number of furan rings is 1. The molecule has 8 heavy (non-hydrogen) atoms. The lowest BCUT2D eigenvalue weighted by atomic mass is 10.4. The Morgan fingerprint density at radius 2 is 2.50 bits per heavy atom. The topological polar surface area (TPSA) is 56.2 Å². The van der Waals surface area contributed by atoms with Crippen molar-refractivity contribution in [3.05, 3.63) is 18.1 Å². The highest BCUT2D eigenvalue weighted by Gasteiger charge is 1.96. The van der Waals surface area contributed by atoms with Crippen LogP contribution in [-0.2, 0) is 0 Å². The summed E-state index contributed by atoms with van der Waals surface area (Å²) in [5.41, 5.74) is 5.61. The molecule has 0 radical (unpaired) electrons. The molecule has 1 rings (SSSR count). The van der Waals surface area contributed by atoms with Gasteiger partial charge in [0, 0.05) is 6.07 Å². The average molecular weight is 111 g/mol. The van der Waals surface area contributed by atoms with Crippen LogP contribution in [0.5, 0.6) is 0 Å². The number of hydrogen-bond donors (Lipinski definition) is 1. The molecule has 0 unspecified atom stereocenters. The number of rotatable bonds is 1. The smallest absolute Gasteiger partial charge is 0.189 e. The number of nitrogen functional groups attached to an aromatic ring is 1. The van der Waals surface area contributed by atoms with Gasteiger partial charge < -0.3 is 10.2 Å². The van der Waals surface area contributed by atoms with Crippen LogP contribution in [0.1, 0.15) is 10.6 Å². The van der Waals surface area contributed by atoms with Crippen LogP contribution < -0.4 is 5.73 Å². The van der Waals surface area contributed by atoms with Crippen molar-refractivity contribution < 1.29 is 9.21 Å². The monoisotopic (exact) mass is 111 g/mol. The van der Waals surface area contributed by atoms with Gasteiger partial charge in [-0.3, -0.25) is 4.79 Å². The number of hydrogen-bond acceptors (Lipinski definition) is 3. The lowest BCUT2D eigenvalue weighted by molar-refractivity contribution is 0.110. The fourth-order valence-corrected chi connectivity index (χ4v) is 0.427. The van der Waals surface area contributed by atoms with Gasteiger partial charge in [0.2, 0.25) is 0 Å². The number of carbonyl (C=O) groups is 1. The van der Waals surface area contributed by atoms with E-state index >= 15 is 0 Å². The largest absolute Gasteiger partial charge is 0.459 e. The minimum absolute atomic E-state index is 0.199. The molecule has 0 fully saturated rings. The van der Waals surface area contributed by atoms with Crippen molar-refractivity contribution in [3.63, 3.8) is 0 Å². The van der Waals surface area contributed by atoms with Gasteiger partial charge in [-0.25, -0.2) is 0 Å². The SMILES string of the molecule is Nc1ccoc1C=O. The van der Waals surface area contributed by atoms with Crippen molar-refractivity contribution in [1.82, 2.24) is 0 Å². The van der Waals surface area contributed by atoms with Crippen molar-refractivity contribution >= 4 is 12.0 Å². The second kappa shape index (κ2) is 1.69. The first-order chi connectivity index (χ1) is 3.84. The molecular formula is C5H5NO2. The van der Waals surface area contributed by atoms with E-state index in [0.29, 0.717) is 12.0 Å². The van der Waals surface area contributed by atoms with Crippen molar-refractivity contribution in [2.24, 2.45) is 0 Å². The highest BCUT2D eigenvalue weighted by Crippen LogP contribution is 2.07. The standard InChI is InChI=1S/C5H5NO2/c6-4-1-2-8-5(4)3-7/h1-3H,6H2. The third-order valence-corrected chi connectivity index (χ3v) is 0.834. The van der Waals surface area contributed by atoms with Crippen LogP contribution in [0.4, 0.5) is 5.69 Å². The third kappa shape index (κ3) is 0.578. The molecule has 2 N–H and O–H groups in total. The zero-order valence-corrected chi connectivity index (χ0v) is 4.13. The molecule has 0 aliphatic heterocycles. The second-order valence-corrected chi connectivity index (χ2v) is 1.36. The molecule has 3 heteroatoms. The average Bonchev–Trinajstić information content (AvgIpc) is 2.14. The fraction of sp³-hybridized carbons (Fsp3) is 0. The second-order valence-electron chi connectivity index (χ2n) is 1.36. The van der Waals surface area contributed by atoms with Crippen LogP contribution in [0.3, 0.4) is 0 Å². The Bertz CT molecular complexity index is 192. The molecule has 0 aliphatic carbocycles. The molecule has 0 aromatic carbocycles. The lowest BCUT2D eigenvalue weighted by Gasteiger charge is -1.79. The van der Waals surface area contributed by atoms with Gasteiger partial charge in [0.05, 0.1) is 12.0 Å². The zero-order chi connectivity index (χ0) is 5.98. The summed E-state index contributed by atoms with van der Waals surface area (Å²) in [6, 6.07) is 1.53. The maximum atomic E-state index is 9.91. The van der Waals surface area contributed by atoms with Gasteiger partial charge in [0.1, 0.15) is 0 Å². The van der Waals surface area contributed by atoms with Crippen LogP contribution >= 0.6 is 0 Å². The van der Waals surface area contributed by atoms with Gasteiger partial charge in [-0.2, -0.15) is 0 Å². The van der Waals surface area contributed by atoms with Gasteiger partial charge in [-0.05, 0) is 0 Å². The van der Waals surface area contributed by atoms with E-state index in [-0.39, 0.29) is 5.76 Å². The Morgan fingerprint density at radius 1 is 1.75 bits per heavy atom. The zero-order valence-electron chi connectivity index (χ0n) is 4.13. The van der Waals surface area contributed by atoms with Crippen molar-refractivity contribution in [2.75, 3.05) is 5.73 Å². The van der Waals surface area contributed by atoms with Crippen LogP contribution in [-0.4, -0.2) is 6.29 Å². The van der Waals surface area contributed by atoms with Crippen molar-refractivity contribution in [1.29, 1.82) is 0 Å². The van der Waals surface area contributed by atoms with Gasteiger partial charge in [0.15, 0.2) is 12.0 Å². The maximum Gasteiger partial charge on any atom is 0.189 e. The fourth-order valence-electron chi connectivity index (χ4n) is 0.427. The summed E-state index contributed by atoms with van der Waals surface area (Å²) >= 11 is 0. The number of nitrogens with two attached hydrogens (primary N) is 1. The molecule has 42 valence electrons. The number of aldehydes is 1. The molecule has 0 bridgehead atoms. The molecule has 1 aromatic heterocycles. The van der Waals surface area contributed by atoms with E-state index in [1.54, 1.807) is 0 Å². The van der Waals surface area contributed by atoms with E-state index in [4.69, 9.17) is 5.73 Å². The quantitative estimate of drug-likeness (QED) is 0.542. The van der Waals surface area contributed by atoms with E-state index in [9.17, 15) is 4.79 Å². The van der Waals surface area contributed by atoms with Gasteiger partial charge in [-0.15, -0.1) is 0 Å². The summed E-state index contributed by atoms with van der Waals surface area (Å²) in [5.74, 6) is 0.199. The lowest BCUT2D eigenvalue weighted by Crippen LogP contribution is -1.84. The molecule has 3 nitrogen and oxygen atoms in total. The summed E-state index contributed by atoms with van der Waals surface area (Å²) < 4.78 is 4.62. The summed E-state index contributed by atoms with van der Waals surface area (Å²) in [4.78, 5) is 9.91. The number of carbonyl (C=O) groups excluding carboxylic acids is 1. The minimum atomic E-state index is 0.199. The predicted octanol–water partition coefficient (Wildman–Crippen LogP) is 0.674. The minimum Gasteiger partial charge on any atom is -0.459 e. The van der Waals surface area contributed by atoms with E-state index in [2.05, 4.69) is 4.42 Å². The molecule has 0 saturated heterocycles. The Morgan fingerprint density at radius 3 is 2.75 bits per heavy atom. The van der Waals surface area contributed by atoms with E-state index in [1.165, 1.54) is 12.3 Å². The molecule has 1 heterocycles. The highest BCUT2D eigenvalue weighted by atomic mass is 16.3. The Labute approximate surface area is 46.1 Å². The summed E-state index contributed by atoms with van der Waals surface area (Å²) in [7, 11) is 0. The number of anilines is 1. The first-order valence-corrected chi connectivity index (χ1v) is 2.12. The Balaban J connectivity index is 3.09. The molecule has 0 amide bonds. The van der Waals surface area contributed by atoms with Crippen LogP contribution in [0.15, 0.2) is 16.7 Å². The maximum absolute atomic E-state index is 9.91. The van der Waals surface area contributed by atoms with Crippen LogP contribution in [0.2, 0.25) is 0 Å². The molecule has 0 aliphatic rings. The van der Waals surface area contributed by atoms with Crippen molar-refractivity contribution in [2.45, 2.75) is 0 Å². The Hall–Kier alpha value is -1.25. The van der Waals surface area contributed by atoms with Crippen molar-refractivity contribution in [3.8, 4) is 0 Å². The summed E-state index contributed by atoms with van der Waals surface area (Å²) in [5, 5.41) is 0. The molecule has 0 spiro atoms. The van der Waals surface area contributed by atoms with E-state index < -0.39 is 0 Å². The Kier molecular flexibility index (Phi) is 1.04. The van der Waals surface area contributed by atoms with Crippen LogP contribution in [0, 0.1) is 0 Å². The van der Waals surface area contributed by atoms with Gasteiger partial charge in [-0.1, -0.05) is 0 Å². The first-order valence-electron chi connectivity index (χ1n) is 2.12. The predicted molar refractivity (Wildman–Crippen MR) is 28.5 cm³/mol. The molecule has 0 saturated carbocycles. The van der Waals surface area contributed by atoms with Gasteiger partial charge in [0.25, 0.3) is 0 Å². The molecule has 1 aromatic rings. The summed E-state index contributed by atoms with van der Waals surface area (Å²) in [6.07, 6.45) is 1.95. The molecular weight excluding hydrogens is 106 g/mol.